The van der Waals surface area contributed by atoms with Crippen LogP contribution in [0.5, 0.6) is 0 Å². The summed E-state index contributed by atoms with van der Waals surface area (Å²) in [5, 5.41) is 3.87. The van der Waals surface area contributed by atoms with E-state index in [0.717, 1.165) is 0 Å². The van der Waals surface area contributed by atoms with Gasteiger partial charge in [-0.05, 0) is 36.4 Å². The molecule has 2 aromatic carbocycles. The van der Waals surface area contributed by atoms with Crippen LogP contribution in [-0.2, 0) is 0 Å². The Morgan fingerprint density at radius 2 is 1.86 bits per heavy atom. The van der Waals surface area contributed by atoms with Gasteiger partial charge >= 0.3 is 0 Å². The van der Waals surface area contributed by atoms with Crippen molar-refractivity contribution in [2.24, 2.45) is 0 Å². The minimum absolute atomic E-state index is 0.228. The highest BCUT2D eigenvalue weighted by Crippen LogP contribution is 2.24. The van der Waals surface area contributed by atoms with Crippen LogP contribution >= 0.6 is 11.6 Å². The van der Waals surface area contributed by atoms with E-state index in [1.54, 1.807) is 42.5 Å². The first-order valence-corrected chi connectivity index (χ1v) is 6.63. The third-order valence-electron chi connectivity index (χ3n) is 3.08. The number of carbonyl (C=O) groups excluding carboxylic acids is 1. The second-order valence-corrected chi connectivity index (χ2v) is 4.89. The molecule has 0 unspecified atom stereocenters. The number of benzene rings is 2. The van der Waals surface area contributed by atoms with Crippen LogP contribution in [0.25, 0.3) is 10.9 Å². The minimum Gasteiger partial charge on any atom is -0.321 e. The van der Waals surface area contributed by atoms with Gasteiger partial charge in [0.1, 0.15) is 11.3 Å². The molecular weight excluding hydrogens is 291 g/mol. The zero-order chi connectivity index (χ0) is 14.8. The van der Waals surface area contributed by atoms with E-state index in [4.69, 9.17) is 11.6 Å². The zero-order valence-electron chi connectivity index (χ0n) is 10.8. The van der Waals surface area contributed by atoms with Crippen LogP contribution in [0.4, 0.5) is 10.1 Å². The molecule has 0 atom stereocenters. The normalized spacial score (nSPS) is 10.6. The number of para-hydroxylation sites is 1. The number of nitrogens with one attached hydrogen (secondary N) is 1. The SMILES string of the molecule is O=C(Nc1ccnc2c(F)cccc12)c1ccc(Cl)cc1. The molecule has 0 aliphatic carbocycles. The molecule has 1 amide bonds. The van der Waals surface area contributed by atoms with Crippen molar-refractivity contribution in [3.63, 3.8) is 0 Å². The fraction of sp³-hybridized carbons (Fsp3) is 0. The number of amides is 1. The third kappa shape index (κ3) is 2.71. The summed E-state index contributed by atoms with van der Waals surface area (Å²) in [7, 11) is 0. The quantitative estimate of drug-likeness (QED) is 0.767. The molecule has 0 aliphatic heterocycles. The summed E-state index contributed by atoms with van der Waals surface area (Å²) in [6.45, 7) is 0. The van der Waals surface area contributed by atoms with Crippen LogP contribution in [0.2, 0.25) is 5.02 Å². The summed E-state index contributed by atoms with van der Waals surface area (Å²) >= 11 is 5.79. The van der Waals surface area contributed by atoms with Gasteiger partial charge in [-0.15, -0.1) is 0 Å². The van der Waals surface area contributed by atoms with Crippen LogP contribution in [0.15, 0.2) is 54.7 Å². The first kappa shape index (κ1) is 13.5. The highest BCUT2D eigenvalue weighted by Gasteiger charge is 2.10. The Bertz CT molecular complexity index is 818. The molecule has 0 saturated carbocycles. The predicted molar refractivity (Wildman–Crippen MR) is 81.1 cm³/mol. The van der Waals surface area contributed by atoms with Crippen molar-refractivity contribution in [3.05, 3.63) is 71.1 Å². The Kier molecular flexibility index (Phi) is 3.54. The number of nitrogens with zero attached hydrogens (tertiary/aromatic N) is 1. The highest BCUT2D eigenvalue weighted by atomic mass is 35.5. The van der Waals surface area contributed by atoms with Gasteiger partial charge in [0.05, 0.1) is 5.69 Å². The fourth-order valence-electron chi connectivity index (χ4n) is 2.04. The van der Waals surface area contributed by atoms with Gasteiger partial charge in [-0.2, -0.15) is 0 Å². The average molecular weight is 301 g/mol. The van der Waals surface area contributed by atoms with Gasteiger partial charge in [-0.3, -0.25) is 9.78 Å². The molecule has 0 bridgehead atoms. The van der Waals surface area contributed by atoms with Crippen molar-refractivity contribution in [2.75, 3.05) is 5.32 Å². The summed E-state index contributed by atoms with van der Waals surface area (Å²) in [6, 6.07) is 12.8. The minimum atomic E-state index is -0.421. The number of pyridine rings is 1. The van der Waals surface area contributed by atoms with Crippen molar-refractivity contribution in [1.82, 2.24) is 4.98 Å². The van der Waals surface area contributed by atoms with Gasteiger partial charge < -0.3 is 5.32 Å². The van der Waals surface area contributed by atoms with Crippen LogP contribution in [0, 0.1) is 5.82 Å². The van der Waals surface area contributed by atoms with Crippen molar-refractivity contribution in [3.8, 4) is 0 Å². The van der Waals surface area contributed by atoms with Gasteiger partial charge in [0, 0.05) is 22.2 Å². The largest absolute Gasteiger partial charge is 0.321 e. The molecule has 1 aromatic heterocycles. The van der Waals surface area contributed by atoms with E-state index in [2.05, 4.69) is 10.3 Å². The van der Waals surface area contributed by atoms with E-state index in [1.165, 1.54) is 12.3 Å². The molecule has 0 aliphatic rings. The van der Waals surface area contributed by atoms with E-state index in [9.17, 15) is 9.18 Å². The molecule has 21 heavy (non-hydrogen) atoms. The lowest BCUT2D eigenvalue weighted by Crippen LogP contribution is -2.12. The zero-order valence-corrected chi connectivity index (χ0v) is 11.6. The summed E-state index contributed by atoms with van der Waals surface area (Å²) in [4.78, 5) is 16.2. The number of anilines is 1. The van der Waals surface area contributed by atoms with Gasteiger partial charge in [0.2, 0.25) is 0 Å². The first-order chi connectivity index (χ1) is 10.1. The number of rotatable bonds is 2. The van der Waals surface area contributed by atoms with Crippen molar-refractivity contribution in [2.45, 2.75) is 0 Å². The molecule has 0 radical (unpaired) electrons. The van der Waals surface area contributed by atoms with Gasteiger partial charge in [-0.25, -0.2) is 4.39 Å². The van der Waals surface area contributed by atoms with Gasteiger partial charge in [-0.1, -0.05) is 23.7 Å². The number of fused-ring (bicyclic) bond motifs is 1. The van der Waals surface area contributed by atoms with Crippen molar-refractivity contribution in [1.29, 1.82) is 0 Å². The topological polar surface area (TPSA) is 42.0 Å². The van der Waals surface area contributed by atoms with Crippen LogP contribution < -0.4 is 5.32 Å². The molecule has 1 N–H and O–H groups in total. The van der Waals surface area contributed by atoms with Crippen molar-refractivity contribution < 1.29 is 9.18 Å². The smallest absolute Gasteiger partial charge is 0.255 e. The fourth-order valence-corrected chi connectivity index (χ4v) is 2.17. The third-order valence-corrected chi connectivity index (χ3v) is 3.33. The average Bonchev–Trinajstić information content (AvgIpc) is 2.49. The van der Waals surface area contributed by atoms with E-state index in [-0.39, 0.29) is 11.4 Å². The molecule has 0 spiro atoms. The molecule has 3 nitrogen and oxygen atoms in total. The number of aromatic nitrogens is 1. The van der Waals surface area contributed by atoms with Gasteiger partial charge in [0.15, 0.2) is 0 Å². The van der Waals surface area contributed by atoms with E-state index >= 15 is 0 Å². The monoisotopic (exact) mass is 300 g/mol. The van der Waals surface area contributed by atoms with Crippen LogP contribution in [0.3, 0.4) is 0 Å². The predicted octanol–water partition coefficient (Wildman–Crippen LogP) is 4.28. The number of hydrogen-bond donors (Lipinski definition) is 1. The number of halogens is 2. The first-order valence-electron chi connectivity index (χ1n) is 6.25. The summed E-state index contributed by atoms with van der Waals surface area (Å²) < 4.78 is 13.7. The number of hydrogen-bond acceptors (Lipinski definition) is 2. The summed E-state index contributed by atoms with van der Waals surface area (Å²) in [5.74, 6) is -0.710. The molecule has 0 fully saturated rings. The Morgan fingerprint density at radius 1 is 1.10 bits per heavy atom. The van der Waals surface area contributed by atoms with E-state index in [1.807, 2.05) is 0 Å². The summed E-state index contributed by atoms with van der Waals surface area (Å²) in [5.41, 5.74) is 1.21. The lowest BCUT2D eigenvalue weighted by Gasteiger charge is -2.08. The molecule has 1 heterocycles. The maximum atomic E-state index is 13.7. The van der Waals surface area contributed by atoms with Crippen LogP contribution in [-0.4, -0.2) is 10.9 Å². The van der Waals surface area contributed by atoms with E-state index in [0.29, 0.717) is 21.7 Å². The van der Waals surface area contributed by atoms with Gasteiger partial charge in [0.25, 0.3) is 5.91 Å². The number of carbonyl (C=O) groups is 1. The van der Waals surface area contributed by atoms with Crippen LogP contribution in [0.1, 0.15) is 10.4 Å². The Morgan fingerprint density at radius 3 is 2.62 bits per heavy atom. The molecule has 104 valence electrons. The maximum Gasteiger partial charge on any atom is 0.255 e. The molecule has 5 heteroatoms. The Balaban J connectivity index is 1.96. The second kappa shape index (κ2) is 5.50. The molecule has 0 saturated heterocycles. The highest BCUT2D eigenvalue weighted by molar-refractivity contribution is 6.30. The standard InChI is InChI=1S/C16H10ClFN2O/c17-11-6-4-10(5-7-11)16(21)20-14-8-9-19-15-12(14)2-1-3-13(15)18/h1-9H,(H,19,20,21). The maximum absolute atomic E-state index is 13.7. The Hall–Kier alpha value is -2.46. The van der Waals surface area contributed by atoms with Crippen molar-refractivity contribution >= 4 is 34.1 Å². The molecule has 3 rings (SSSR count). The molecule has 3 aromatic rings. The second-order valence-electron chi connectivity index (χ2n) is 4.46. The molecular formula is C16H10ClFN2O. The Labute approximate surface area is 125 Å². The lowest BCUT2D eigenvalue weighted by molar-refractivity contribution is 0.102. The lowest BCUT2D eigenvalue weighted by atomic mass is 10.1. The van der Waals surface area contributed by atoms with E-state index < -0.39 is 5.82 Å². The summed E-state index contributed by atoms with van der Waals surface area (Å²) in [6.07, 6.45) is 1.46.